The summed E-state index contributed by atoms with van der Waals surface area (Å²) in [5.41, 5.74) is 1.86. The Balaban J connectivity index is 1.62. The van der Waals surface area contributed by atoms with Gasteiger partial charge in [-0.15, -0.1) is 11.3 Å². The fraction of sp³-hybridized carbons (Fsp3) is 0.368. The van der Waals surface area contributed by atoms with Gasteiger partial charge in [0, 0.05) is 22.5 Å². The maximum absolute atomic E-state index is 12.7. The highest BCUT2D eigenvalue weighted by atomic mass is 35.5. The van der Waals surface area contributed by atoms with Gasteiger partial charge >= 0.3 is 0 Å². The van der Waals surface area contributed by atoms with Gasteiger partial charge in [-0.05, 0) is 63.6 Å². The van der Waals surface area contributed by atoms with Crippen LogP contribution in [0.2, 0.25) is 5.02 Å². The fourth-order valence-electron chi connectivity index (χ4n) is 3.44. The van der Waals surface area contributed by atoms with Crippen molar-refractivity contribution >= 4 is 39.1 Å². The smallest absolute Gasteiger partial charge is 0.261 e. The summed E-state index contributed by atoms with van der Waals surface area (Å²) < 4.78 is 1.88. The minimum Gasteiger partial charge on any atom is -0.349 e. The van der Waals surface area contributed by atoms with Gasteiger partial charge < -0.3 is 10.6 Å². The number of fused-ring (bicyclic) bond motifs is 1. The van der Waals surface area contributed by atoms with Crippen LogP contribution in [0.3, 0.4) is 0 Å². The van der Waals surface area contributed by atoms with E-state index in [1.54, 1.807) is 0 Å². The van der Waals surface area contributed by atoms with Crippen LogP contribution in [-0.4, -0.2) is 34.3 Å². The van der Waals surface area contributed by atoms with Gasteiger partial charge in [0.15, 0.2) is 0 Å². The lowest BCUT2D eigenvalue weighted by Crippen LogP contribution is -2.46. The number of nitrogens with one attached hydrogen (secondary N) is 2. The van der Waals surface area contributed by atoms with E-state index in [1.165, 1.54) is 11.3 Å². The van der Waals surface area contributed by atoms with Gasteiger partial charge in [-0.2, -0.15) is 5.10 Å². The Morgan fingerprint density at radius 2 is 2.15 bits per heavy atom. The lowest BCUT2D eigenvalue weighted by molar-refractivity contribution is 0.0930. The minimum atomic E-state index is 0.00681. The highest BCUT2D eigenvalue weighted by Crippen LogP contribution is 2.31. The molecule has 1 saturated heterocycles. The quantitative estimate of drug-likeness (QED) is 0.715. The van der Waals surface area contributed by atoms with Crippen molar-refractivity contribution in [1.82, 2.24) is 20.4 Å². The van der Waals surface area contributed by atoms with Gasteiger partial charge in [0.05, 0.1) is 16.3 Å². The van der Waals surface area contributed by atoms with Crippen molar-refractivity contribution in [1.29, 1.82) is 0 Å². The SMILES string of the molecule is Cc1nn(-c2ccc(Cl)cc2)c2sc(C(=O)NC3CCNC(C)C3)cc12. The third kappa shape index (κ3) is 3.37. The van der Waals surface area contributed by atoms with Crippen molar-refractivity contribution < 1.29 is 4.79 Å². The fourth-order valence-corrected chi connectivity index (χ4v) is 4.65. The summed E-state index contributed by atoms with van der Waals surface area (Å²) in [6, 6.07) is 10.2. The largest absolute Gasteiger partial charge is 0.349 e. The summed E-state index contributed by atoms with van der Waals surface area (Å²) >= 11 is 7.47. The molecule has 2 unspecified atom stereocenters. The monoisotopic (exact) mass is 388 g/mol. The van der Waals surface area contributed by atoms with Gasteiger partial charge in [0.1, 0.15) is 4.83 Å². The maximum Gasteiger partial charge on any atom is 0.261 e. The molecular weight excluding hydrogens is 368 g/mol. The molecular formula is C19H21ClN4OS. The molecule has 1 fully saturated rings. The number of piperidine rings is 1. The number of benzene rings is 1. The van der Waals surface area contributed by atoms with Crippen LogP contribution in [0.4, 0.5) is 0 Å². The zero-order chi connectivity index (χ0) is 18.3. The molecule has 0 saturated carbocycles. The van der Waals surface area contributed by atoms with Crippen molar-refractivity contribution in [3.8, 4) is 5.69 Å². The zero-order valence-electron chi connectivity index (χ0n) is 14.8. The number of rotatable bonds is 3. The molecule has 26 heavy (non-hydrogen) atoms. The first kappa shape index (κ1) is 17.5. The third-order valence-electron chi connectivity index (χ3n) is 4.80. The molecule has 1 aliphatic heterocycles. The summed E-state index contributed by atoms with van der Waals surface area (Å²) in [6.07, 6.45) is 1.94. The molecule has 1 aromatic carbocycles. The highest BCUT2D eigenvalue weighted by molar-refractivity contribution is 7.20. The Morgan fingerprint density at radius 3 is 2.88 bits per heavy atom. The van der Waals surface area contributed by atoms with Gasteiger partial charge in [0.2, 0.25) is 0 Å². The number of hydrogen-bond donors (Lipinski definition) is 2. The lowest BCUT2D eigenvalue weighted by atomic mass is 10.0. The number of amides is 1. The van der Waals surface area contributed by atoms with Crippen LogP contribution in [0, 0.1) is 6.92 Å². The zero-order valence-corrected chi connectivity index (χ0v) is 16.3. The summed E-state index contributed by atoms with van der Waals surface area (Å²) in [4.78, 5) is 14.4. The number of carbonyl (C=O) groups excluding carboxylic acids is 1. The standard InChI is InChI=1S/C19H21ClN4OS/c1-11-9-14(7-8-21-11)22-18(25)17-10-16-12(2)23-24(19(16)26-17)15-5-3-13(20)4-6-15/h3-6,10-11,14,21H,7-9H2,1-2H3,(H,22,25). The Kier molecular flexibility index (Phi) is 4.73. The lowest BCUT2D eigenvalue weighted by Gasteiger charge is -2.28. The van der Waals surface area contributed by atoms with Gasteiger partial charge in [-0.3, -0.25) is 4.79 Å². The van der Waals surface area contributed by atoms with E-state index < -0.39 is 0 Å². The predicted molar refractivity (Wildman–Crippen MR) is 107 cm³/mol. The van der Waals surface area contributed by atoms with E-state index in [9.17, 15) is 4.79 Å². The van der Waals surface area contributed by atoms with Crippen LogP contribution in [-0.2, 0) is 0 Å². The molecule has 1 aliphatic rings. The Labute approximate surface area is 161 Å². The summed E-state index contributed by atoms with van der Waals surface area (Å²) in [5, 5.41) is 12.9. The molecule has 2 atom stereocenters. The Bertz CT molecular complexity index is 947. The molecule has 3 heterocycles. The highest BCUT2D eigenvalue weighted by Gasteiger charge is 2.22. The predicted octanol–water partition coefficient (Wildman–Crippen LogP) is 3.92. The van der Waals surface area contributed by atoms with Crippen molar-refractivity contribution in [2.75, 3.05) is 6.54 Å². The van der Waals surface area contributed by atoms with E-state index in [-0.39, 0.29) is 11.9 Å². The van der Waals surface area contributed by atoms with Crippen LogP contribution in [0.25, 0.3) is 15.9 Å². The molecule has 0 spiro atoms. The van der Waals surface area contributed by atoms with Crippen LogP contribution in [0.5, 0.6) is 0 Å². The van der Waals surface area contributed by atoms with E-state index in [0.29, 0.717) is 11.1 Å². The second kappa shape index (κ2) is 7.02. The van der Waals surface area contributed by atoms with Crippen molar-refractivity contribution in [3.05, 3.63) is 45.9 Å². The number of carbonyl (C=O) groups is 1. The number of aromatic nitrogens is 2. The Hall–Kier alpha value is -1.89. The molecule has 7 heteroatoms. The number of aryl methyl sites for hydroxylation is 1. The van der Waals surface area contributed by atoms with E-state index in [0.717, 1.165) is 45.9 Å². The van der Waals surface area contributed by atoms with Crippen molar-refractivity contribution in [2.24, 2.45) is 0 Å². The summed E-state index contributed by atoms with van der Waals surface area (Å²) in [7, 11) is 0. The average Bonchev–Trinajstić information content (AvgIpc) is 3.17. The molecule has 0 bridgehead atoms. The van der Waals surface area contributed by atoms with E-state index in [4.69, 9.17) is 11.6 Å². The second-order valence-electron chi connectivity index (χ2n) is 6.85. The van der Waals surface area contributed by atoms with E-state index in [2.05, 4.69) is 22.7 Å². The third-order valence-corrected chi connectivity index (χ3v) is 6.16. The maximum atomic E-state index is 12.7. The van der Waals surface area contributed by atoms with Crippen molar-refractivity contribution in [3.63, 3.8) is 0 Å². The topological polar surface area (TPSA) is 59.0 Å². The summed E-state index contributed by atoms with van der Waals surface area (Å²) in [5.74, 6) is 0.00681. The molecule has 3 aromatic rings. The van der Waals surface area contributed by atoms with Crippen LogP contribution < -0.4 is 10.6 Å². The number of thiophene rings is 1. The average molecular weight is 389 g/mol. The van der Waals surface area contributed by atoms with Gasteiger partial charge in [-0.1, -0.05) is 11.6 Å². The Morgan fingerprint density at radius 1 is 1.38 bits per heavy atom. The first-order chi connectivity index (χ1) is 12.5. The number of hydrogen-bond acceptors (Lipinski definition) is 4. The number of nitrogens with zero attached hydrogens (tertiary/aromatic N) is 2. The first-order valence-corrected chi connectivity index (χ1v) is 10.00. The normalized spacial score (nSPS) is 20.4. The molecule has 2 N–H and O–H groups in total. The second-order valence-corrected chi connectivity index (χ2v) is 8.32. The molecule has 0 aliphatic carbocycles. The molecule has 0 radical (unpaired) electrons. The van der Waals surface area contributed by atoms with Crippen LogP contribution in [0.1, 0.15) is 35.1 Å². The number of halogens is 1. The molecule has 136 valence electrons. The molecule has 1 amide bonds. The van der Waals surface area contributed by atoms with Gasteiger partial charge in [0.25, 0.3) is 5.91 Å². The first-order valence-electron chi connectivity index (χ1n) is 8.80. The van der Waals surface area contributed by atoms with E-state index >= 15 is 0 Å². The summed E-state index contributed by atoms with van der Waals surface area (Å²) in [6.45, 7) is 5.07. The molecule has 4 rings (SSSR count). The van der Waals surface area contributed by atoms with Crippen molar-refractivity contribution in [2.45, 2.75) is 38.8 Å². The molecule has 2 aromatic heterocycles. The minimum absolute atomic E-state index is 0.00681. The molecule has 5 nitrogen and oxygen atoms in total. The van der Waals surface area contributed by atoms with E-state index in [1.807, 2.05) is 41.9 Å². The van der Waals surface area contributed by atoms with Crippen LogP contribution in [0.15, 0.2) is 30.3 Å². The van der Waals surface area contributed by atoms with Crippen LogP contribution >= 0.6 is 22.9 Å². The van der Waals surface area contributed by atoms with Gasteiger partial charge in [-0.25, -0.2) is 4.68 Å².